The predicted octanol–water partition coefficient (Wildman–Crippen LogP) is 3.91. The summed E-state index contributed by atoms with van der Waals surface area (Å²) < 4.78 is 4.91. The molecule has 0 aromatic carbocycles. The molecule has 6 nitrogen and oxygen atoms in total. The zero-order chi connectivity index (χ0) is 17.8. The first-order chi connectivity index (χ1) is 11.6. The van der Waals surface area contributed by atoms with E-state index in [1.165, 1.54) is 25.7 Å². The van der Waals surface area contributed by atoms with Gasteiger partial charge in [0.25, 0.3) is 0 Å². The van der Waals surface area contributed by atoms with Crippen LogP contribution in [-0.4, -0.2) is 35.0 Å². The number of unbranched alkanes of at least 4 members (excludes halogenated alkanes) is 5. The smallest absolute Gasteiger partial charge is 0.245 e. The molecular formula is C18H31N3O3. The molecule has 136 valence electrons. The topological polar surface area (TPSA) is 75.4 Å². The zero-order valence-electron chi connectivity index (χ0n) is 15.3. The van der Waals surface area contributed by atoms with E-state index in [-0.39, 0.29) is 18.4 Å². The molecule has 0 spiro atoms. The first kappa shape index (κ1) is 20.2. The number of carbonyl (C=O) groups excluding carboxylic acids is 2. The minimum Gasteiger partial charge on any atom is -0.360 e. The number of rotatable bonds is 12. The summed E-state index contributed by atoms with van der Waals surface area (Å²) >= 11 is 0. The molecule has 1 rings (SSSR count). The van der Waals surface area contributed by atoms with Crippen LogP contribution < -0.4 is 5.32 Å². The van der Waals surface area contributed by atoms with Gasteiger partial charge >= 0.3 is 0 Å². The number of hydrogen-bond donors (Lipinski definition) is 1. The zero-order valence-corrected chi connectivity index (χ0v) is 15.3. The summed E-state index contributed by atoms with van der Waals surface area (Å²) in [5.41, 5.74) is 0. The van der Waals surface area contributed by atoms with Gasteiger partial charge in [-0.05, 0) is 19.8 Å². The molecule has 0 fully saturated rings. The minimum atomic E-state index is -0.243. The molecule has 0 saturated heterocycles. The number of anilines is 1. The Morgan fingerprint density at radius 2 is 1.83 bits per heavy atom. The van der Waals surface area contributed by atoms with Gasteiger partial charge in [-0.2, -0.15) is 0 Å². The SMILES string of the molecule is CCCCCCCCC(=O)N(CCC)CC(=O)Nc1cc(C)on1. The molecule has 6 heteroatoms. The maximum absolute atomic E-state index is 12.3. The fourth-order valence-electron chi connectivity index (χ4n) is 2.56. The van der Waals surface area contributed by atoms with Gasteiger partial charge in [0.2, 0.25) is 11.8 Å². The summed E-state index contributed by atoms with van der Waals surface area (Å²) in [6, 6.07) is 1.65. The monoisotopic (exact) mass is 337 g/mol. The molecule has 1 aromatic heterocycles. The molecule has 0 aliphatic carbocycles. The lowest BCUT2D eigenvalue weighted by Crippen LogP contribution is -2.38. The minimum absolute atomic E-state index is 0.0545. The van der Waals surface area contributed by atoms with E-state index in [0.29, 0.717) is 24.5 Å². The van der Waals surface area contributed by atoms with Crippen LogP contribution in [0.1, 0.15) is 71.0 Å². The number of nitrogens with one attached hydrogen (secondary N) is 1. The fraction of sp³-hybridized carbons (Fsp3) is 0.722. The third-order valence-corrected chi connectivity index (χ3v) is 3.82. The van der Waals surface area contributed by atoms with E-state index in [0.717, 1.165) is 19.3 Å². The van der Waals surface area contributed by atoms with Crippen molar-refractivity contribution in [2.45, 2.75) is 72.1 Å². The van der Waals surface area contributed by atoms with E-state index >= 15 is 0 Å². The summed E-state index contributed by atoms with van der Waals surface area (Å²) in [6.07, 6.45) is 8.23. The molecule has 1 aromatic rings. The first-order valence-electron chi connectivity index (χ1n) is 9.07. The Balaban J connectivity index is 2.35. The molecule has 1 N–H and O–H groups in total. The molecule has 0 unspecified atom stereocenters. The summed E-state index contributed by atoms with van der Waals surface area (Å²) in [5, 5.41) is 6.39. The van der Waals surface area contributed by atoms with Gasteiger partial charge in [-0.1, -0.05) is 51.1 Å². The molecule has 0 aliphatic rings. The van der Waals surface area contributed by atoms with Gasteiger partial charge in [-0.25, -0.2) is 0 Å². The summed E-state index contributed by atoms with van der Waals surface area (Å²) in [6.45, 7) is 6.62. The maximum Gasteiger partial charge on any atom is 0.245 e. The average molecular weight is 337 g/mol. The summed E-state index contributed by atoms with van der Waals surface area (Å²) in [7, 11) is 0. The first-order valence-corrected chi connectivity index (χ1v) is 9.07. The van der Waals surface area contributed by atoms with Crippen molar-refractivity contribution in [2.24, 2.45) is 0 Å². The Kier molecular flexibility index (Phi) is 9.80. The largest absolute Gasteiger partial charge is 0.360 e. The highest BCUT2D eigenvalue weighted by Gasteiger charge is 2.17. The maximum atomic E-state index is 12.3. The van der Waals surface area contributed by atoms with Crippen molar-refractivity contribution in [1.82, 2.24) is 10.1 Å². The molecule has 0 saturated carbocycles. The van der Waals surface area contributed by atoms with Gasteiger partial charge < -0.3 is 14.7 Å². The summed E-state index contributed by atoms with van der Waals surface area (Å²) in [4.78, 5) is 26.0. The lowest BCUT2D eigenvalue weighted by atomic mass is 10.1. The molecule has 0 atom stereocenters. The van der Waals surface area contributed by atoms with E-state index in [1.54, 1.807) is 17.9 Å². The lowest BCUT2D eigenvalue weighted by Gasteiger charge is -2.21. The number of aromatic nitrogens is 1. The molecule has 24 heavy (non-hydrogen) atoms. The predicted molar refractivity (Wildman–Crippen MR) is 94.7 cm³/mol. The van der Waals surface area contributed by atoms with Crippen LogP contribution in [0.25, 0.3) is 0 Å². The second kappa shape index (κ2) is 11.6. The quantitative estimate of drug-likeness (QED) is 0.587. The highest BCUT2D eigenvalue weighted by Crippen LogP contribution is 2.10. The third kappa shape index (κ3) is 8.13. The van der Waals surface area contributed by atoms with Crippen molar-refractivity contribution < 1.29 is 14.1 Å². The van der Waals surface area contributed by atoms with Crippen LogP contribution in [0.2, 0.25) is 0 Å². The molecule has 2 amide bonds. The number of hydrogen-bond acceptors (Lipinski definition) is 4. The Labute approximate surface area is 145 Å². The normalized spacial score (nSPS) is 10.6. The van der Waals surface area contributed by atoms with Crippen LogP contribution in [0.3, 0.4) is 0 Å². The molecular weight excluding hydrogens is 306 g/mol. The summed E-state index contributed by atoms with van der Waals surface area (Å²) in [5.74, 6) is 0.832. The Hall–Kier alpha value is -1.85. The Morgan fingerprint density at radius 1 is 1.12 bits per heavy atom. The van der Waals surface area contributed by atoms with Crippen LogP contribution in [-0.2, 0) is 9.59 Å². The van der Waals surface area contributed by atoms with Gasteiger partial charge in [-0.3, -0.25) is 9.59 Å². The van der Waals surface area contributed by atoms with E-state index < -0.39 is 0 Å². The number of nitrogens with zero attached hydrogens (tertiary/aromatic N) is 2. The molecule has 0 bridgehead atoms. The highest BCUT2D eigenvalue weighted by molar-refractivity contribution is 5.93. The molecule has 1 heterocycles. The van der Waals surface area contributed by atoms with Crippen LogP contribution in [0.5, 0.6) is 0 Å². The number of aryl methyl sites for hydroxylation is 1. The highest BCUT2D eigenvalue weighted by atomic mass is 16.5. The van der Waals surface area contributed by atoms with Gasteiger partial charge in [0, 0.05) is 19.0 Å². The second-order valence-corrected chi connectivity index (χ2v) is 6.20. The van der Waals surface area contributed by atoms with Gasteiger partial charge in [-0.15, -0.1) is 0 Å². The molecule has 0 aliphatic heterocycles. The van der Waals surface area contributed by atoms with Crippen LogP contribution in [0, 0.1) is 6.92 Å². The molecule has 0 radical (unpaired) electrons. The van der Waals surface area contributed by atoms with Crippen molar-refractivity contribution in [2.75, 3.05) is 18.4 Å². The van der Waals surface area contributed by atoms with E-state index in [4.69, 9.17) is 4.52 Å². The standard InChI is InChI=1S/C18H31N3O3/c1-4-6-7-8-9-10-11-18(23)21(12-5-2)14-17(22)19-16-13-15(3)24-20-16/h13H,4-12,14H2,1-3H3,(H,19,20,22). The lowest BCUT2D eigenvalue weighted by molar-refractivity contribution is -0.134. The van der Waals surface area contributed by atoms with E-state index in [9.17, 15) is 9.59 Å². The van der Waals surface area contributed by atoms with Crippen LogP contribution in [0.4, 0.5) is 5.82 Å². The van der Waals surface area contributed by atoms with Gasteiger partial charge in [0.1, 0.15) is 5.76 Å². The third-order valence-electron chi connectivity index (χ3n) is 3.82. The van der Waals surface area contributed by atoms with Crippen molar-refractivity contribution in [1.29, 1.82) is 0 Å². The van der Waals surface area contributed by atoms with E-state index in [2.05, 4.69) is 17.4 Å². The average Bonchev–Trinajstić information content (AvgIpc) is 2.95. The van der Waals surface area contributed by atoms with Crippen LogP contribution in [0.15, 0.2) is 10.6 Å². The van der Waals surface area contributed by atoms with Gasteiger partial charge in [0.05, 0.1) is 6.54 Å². The number of carbonyl (C=O) groups is 2. The van der Waals surface area contributed by atoms with Crippen molar-refractivity contribution >= 4 is 17.6 Å². The van der Waals surface area contributed by atoms with Crippen molar-refractivity contribution in [3.8, 4) is 0 Å². The Bertz CT molecular complexity index is 499. The van der Waals surface area contributed by atoms with Crippen molar-refractivity contribution in [3.05, 3.63) is 11.8 Å². The van der Waals surface area contributed by atoms with Gasteiger partial charge in [0.15, 0.2) is 5.82 Å². The van der Waals surface area contributed by atoms with E-state index in [1.807, 2.05) is 6.92 Å². The van der Waals surface area contributed by atoms with Crippen LogP contribution >= 0.6 is 0 Å². The fourth-order valence-corrected chi connectivity index (χ4v) is 2.56. The Morgan fingerprint density at radius 3 is 2.46 bits per heavy atom. The second-order valence-electron chi connectivity index (χ2n) is 6.20. The van der Waals surface area contributed by atoms with Crippen molar-refractivity contribution in [3.63, 3.8) is 0 Å². The number of amides is 2.